The Morgan fingerprint density at radius 3 is 2.95 bits per heavy atom. The lowest BCUT2D eigenvalue weighted by Crippen LogP contribution is -2.05. The third-order valence-corrected chi connectivity index (χ3v) is 3.78. The van der Waals surface area contributed by atoms with Crippen LogP contribution in [0.2, 0.25) is 5.02 Å². The zero-order chi connectivity index (χ0) is 13.8. The lowest BCUT2D eigenvalue weighted by molar-refractivity contribution is 0.298. The number of ether oxygens (including phenoxy) is 1. The van der Waals surface area contributed by atoms with E-state index in [0.717, 1.165) is 16.6 Å². The quantitative estimate of drug-likeness (QED) is 0.776. The molecule has 0 N–H and O–H groups in total. The van der Waals surface area contributed by atoms with Gasteiger partial charge in [0.1, 0.15) is 12.4 Å². The van der Waals surface area contributed by atoms with E-state index in [-0.39, 0.29) is 0 Å². The number of rotatable bonds is 5. The van der Waals surface area contributed by atoms with E-state index in [2.05, 4.69) is 34.9 Å². The van der Waals surface area contributed by atoms with Gasteiger partial charge in [0.25, 0.3) is 0 Å². The van der Waals surface area contributed by atoms with Gasteiger partial charge in [0.2, 0.25) is 0 Å². The summed E-state index contributed by atoms with van der Waals surface area (Å²) in [6.07, 6.45) is 3.04. The number of hydrogen-bond acceptors (Lipinski definition) is 2. The van der Waals surface area contributed by atoms with E-state index in [9.17, 15) is 0 Å². The zero-order valence-electron chi connectivity index (χ0n) is 10.9. The Kier molecular flexibility index (Phi) is 4.88. The fraction of sp³-hybridized carbons (Fsp3) is 0.357. The fourth-order valence-corrected chi connectivity index (χ4v) is 2.14. The van der Waals surface area contributed by atoms with Crippen LogP contribution in [0.4, 0.5) is 0 Å². The third-order valence-electron chi connectivity index (χ3n) is 2.97. The van der Waals surface area contributed by atoms with Gasteiger partial charge in [0.15, 0.2) is 0 Å². The molecule has 1 atom stereocenters. The number of aromatic nitrogens is 2. The second kappa shape index (κ2) is 6.44. The van der Waals surface area contributed by atoms with E-state index in [1.807, 2.05) is 29.1 Å². The molecule has 0 saturated carbocycles. The van der Waals surface area contributed by atoms with Gasteiger partial charge in [-0.2, -0.15) is 5.10 Å². The van der Waals surface area contributed by atoms with Crippen LogP contribution in [0, 0.1) is 0 Å². The topological polar surface area (TPSA) is 27.1 Å². The monoisotopic (exact) mass is 342 g/mol. The molecule has 2 rings (SSSR count). The average Bonchev–Trinajstić information content (AvgIpc) is 2.88. The van der Waals surface area contributed by atoms with Gasteiger partial charge in [-0.1, -0.05) is 34.5 Å². The predicted molar refractivity (Wildman–Crippen MR) is 80.7 cm³/mol. The molecular weight excluding hydrogens is 328 g/mol. The van der Waals surface area contributed by atoms with Crippen LogP contribution in [0.5, 0.6) is 5.75 Å². The van der Waals surface area contributed by atoms with Gasteiger partial charge in [-0.25, -0.2) is 0 Å². The molecule has 0 amide bonds. The largest absolute Gasteiger partial charge is 0.486 e. The average molecular weight is 344 g/mol. The van der Waals surface area contributed by atoms with Crippen molar-refractivity contribution in [3.05, 3.63) is 45.7 Å². The van der Waals surface area contributed by atoms with Crippen LogP contribution in [0.3, 0.4) is 0 Å². The Morgan fingerprint density at radius 1 is 1.42 bits per heavy atom. The Labute approximate surface area is 126 Å². The van der Waals surface area contributed by atoms with E-state index in [4.69, 9.17) is 16.3 Å². The Morgan fingerprint density at radius 2 is 2.21 bits per heavy atom. The van der Waals surface area contributed by atoms with Crippen molar-refractivity contribution in [2.75, 3.05) is 0 Å². The molecule has 0 radical (unpaired) electrons. The molecular formula is C14H16BrClN2O. The van der Waals surface area contributed by atoms with E-state index in [1.54, 1.807) is 6.07 Å². The Bertz CT molecular complexity index is 556. The van der Waals surface area contributed by atoms with E-state index < -0.39 is 0 Å². The SMILES string of the molecule is CCC(C)n1ccc(COc2cc(Br)ccc2Cl)n1. The molecule has 5 heteroatoms. The van der Waals surface area contributed by atoms with Gasteiger partial charge in [0.05, 0.1) is 10.7 Å². The van der Waals surface area contributed by atoms with Crippen LogP contribution in [-0.2, 0) is 6.61 Å². The van der Waals surface area contributed by atoms with Gasteiger partial charge in [-0.05, 0) is 37.6 Å². The Balaban J connectivity index is 2.02. The second-order valence-corrected chi connectivity index (χ2v) is 5.73. The maximum atomic E-state index is 6.07. The molecule has 19 heavy (non-hydrogen) atoms. The maximum absolute atomic E-state index is 6.07. The van der Waals surface area contributed by atoms with Crippen molar-refractivity contribution >= 4 is 27.5 Å². The number of benzene rings is 1. The lowest BCUT2D eigenvalue weighted by Gasteiger charge is -2.09. The summed E-state index contributed by atoms with van der Waals surface area (Å²) in [6.45, 7) is 4.70. The van der Waals surface area contributed by atoms with Crippen molar-refractivity contribution in [2.24, 2.45) is 0 Å². The summed E-state index contributed by atoms with van der Waals surface area (Å²) in [7, 11) is 0. The van der Waals surface area contributed by atoms with Crippen molar-refractivity contribution in [3.63, 3.8) is 0 Å². The van der Waals surface area contributed by atoms with Crippen molar-refractivity contribution in [2.45, 2.75) is 32.9 Å². The second-order valence-electron chi connectivity index (χ2n) is 4.41. The van der Waals surface area contributed by atoms with Crippen molar-refractivity contribution in [1.82, 2.24) is 9.78 Å². The molecule has 0 aliphatic carbocycles. The highest BCUT2D eigenvalue weighted by Gasteiger charge is 2.07. The summed E-state index contributed by atoms with van der Waals surface area (Å²) in [5.41, 5.74) is 0.899. The molecule has 1 aromatic carbocycles. The molecule has 102 valence electrons. The molecule has 2 aromatic rings. The minimum absolute atomic E-state index is 0.406. The zero-order valence-corrected chi connectivity index (χ0v) is 13.3. The Hall–Kier alpha value is -1.00. The molecule has 1 unspecified atom stereocenters. The highest BCUT2D eigenvalue weighted by atomic mass is 79.9. The van der Waals surface area contributed by atoms with Crippen LogP contribution in [0.1, 0.15) is 32.0 Å². The van der Waals surface area contributed by atoms with Crippen molar-refractivity contribution < 1.29 is 4.74 Å². The normalized spacial score (nSPS) is 12.4. The minimum atomic E-state index is 0.406. The minimum Gasteiger partial charge on any atom is -0.486 e. The molecule has 0 fully saturated rings. The van der Waals surface area contributed by atoms with Crippen LogP contribution in [0.15, 0.2) is 34.9 Å². The summed E-state index contributed by atoms with van der Waals surface area (Å²) in [6, 6.07) is 7.92. The van der Waals surface area contributed by atoms with E-state index in [0.29, 0.717) is 23.4 Å². The van der Waals surface area contributed by atoms with Crippen molar-refractivity contribution in [1.29, 1.82) is 0 Å². The molecule has 1 aromatic heterocycles. The summed E-state index contributed by atoms with van der Waals surface area (Å²) < 4.78 is 8.59. The fourth-order valence-electron chi connectivity index (χ4n) is 1.63. The number of nitrogens with zero attached hydrogens (tertiary/aromatic N) is 2. The summed E-state index contributed by atoms with van der Waals surface area (Å²) in [5, 5.41) is 5.09. The highest BCUT2D eigenvalue weighted by Crippen LogP contribution is 2.28. The molecule has 0 aliphatic heterocycles. The van der Waals surface area contributed by atoms with Gasteiger partial charge in [-0.15, -0.1) is 0 Å². The molecule has 0 spiro atoms. The van der Waals surface area contributed by atoms with Gasteiger partial charge in [-0.3, -0.25) is 4.68 Å². The first-order valence-corrected chi connectivity index (χ1v) is 7.39. The van der Waals surface area contributed by atoms with Crippen LogP contribution < -0.4 is 4.74 Å². The summed E-state index contributed by atoms with van der Waals surface area (Å²) in [5.74, 6) is 0.661. The van der Waals surface area contributed by atoms with Gasteiger partial charge >= 0.3 is 0 Å². The smallest absolute Gasteiger partial charge is 0.139 e. The van der Waals surface area contributed by atoms with Crippen LogP contribution in [-0.4, -0.2) is 9.78 Å². The van der Waals surface area contributed by atoms with E-state index in [1.165, 1.54) is 0 Å². The predicted octanol–water partition coefficient (Wildman–Crippen LogP) is 4.85. The first-order valence-electron chi connectivity index (χ1n) is 6.22. The first-order chi connectivity index (χ1) is 9.10. The lowest BCUT2D eigenvalue weighted by atomic mass is 10.3. The molecule has 0 saturated heterocycles. The summed E-state index contributed by atoms with van der Waals surface area (Å²) >= 11 is 9.47. The first kappa shape index (κ1) is 14.4. The van der Waals surface area contributed by atoms with Crippen molar-refractivity contribution in [3.8, 4) is 5.75 Å². The highest BCUT2D eigenvalue weighted by molar-refractivity contribution is 9.10. The molecule has 1 heterocycles. The molecule has 0 bridgehead atoms. The van der Waals surface area contributed by atoms with E-state index >= 15 is 0 Å². The molecule has 3 nitrogen and oxygen atoms in total. The summed E-state index contributed by atoms with van der Waals surface area (Å²) in [4.78, 5) is 0. The van der Waals surface area contributed by atoms with Gasteiger partial charge in [0, 0.05) is 16.7 Å². The van der Waals surface area contributed by atoms with Gasteiger partial charge < -0.3 is 4.74 Å². The third kappa shape index (κ3) is 3.74. The van der Waals surface area contributed by atoms with Crippen LogP contribution in [0.25, 0.3) is 0 Å². The molecule has 0 aliphatic rings. The number of halogens is 2. The maximum Gasteiger partial charge on any atom is 0.139 e. The number of hydrogen-bond donors (Lipinski definition) is 0. The van der Waals surface area contributed by atoms with Crippen LogP contribution >= 0.6 is 27.5 Å². The standard InChI is InChI=1S/C14H16BrClN2O/c1-3-10(2)18-7-6-12(17-18)9-19-14-8-11(15)4-5-13(14)16/h4-8,10H,3,9H2,1-2H3.